The van der Waals surface area contributed by atoms with Crippen LogP contribution in [0.5, 0.6) is 0 Å². The fourth-order valence-corrected chi connectivity index (χ4v) is 1.87. The van der Waals surface area contributed by atoms with E-state index in [4.69, 9.17) is 5.11 Å². The Kier molecular flexibility index (Phi) is 5.08. The van der Waals surface area contributed by atoms with Crippen molar-refractivity contribution in [1.29, 1.82) is 0 Å². The molecule has 18 heavy (non-hydrogen) atoms. The van der Waals surface area contributed by atoms with Crippen molar-refractivity contribution < 1.29 is 19.5 Å². The van der Waals surface area contributed by atoms with Gasteiger partial charge in [0.05, 0.1) is 0 Å². The van der Waals surface area contributed by atoms with Crippen molar-refractivity contribution in [1.82, 2.24) is 15.1 Å². The van der Waals surface area contributed by atoms with E-state index in [1.54, 1.807) is 0 Å². The third kappa shape index (κ3) is 3.69. The second kappa shape index (κ2) is 6.34. The molecule has 1 unspecified atom stereocenters. The summed E-state index contributed by atoms with van der Waals surface area (Å²) in [5.74, 6) is -2.54. The highest BCUT2D eigenvalue weighted by molar-refractivity contribution is 6.35. The van der Waals surface area contributed by atoms with Crippen LogP contribution in [0.25, 0.3) is 0 Å². The van der Waals surface area contributed by atoms with Gasteiger partial charge in [-0.3, -0.25) is 9.59 Å². The molecule has 1 aliphatic heterocycles. The molecule has 1 saturated heterocycles. The lowest BCUT2D eigenvalue weighted by Crippen LogP contribution is -2.48. The fraction of sp³-hybridized carbons (Fsp3) is 0.727. The van der Waals surface area contributed by atoms with Gasteiger partial charge in [0, 0.05) is 19.6 Å². The molecule has 0 radical (unpaired) electrons. The quantitative estimate of drug-likeness (QED) is 0.614. The van der Waals surface area contributed by atoms with Crippen molar-refractivity contribution in [3.8, 4) is 0 Å². The number of carboxylic acids is 1. The van der Waals surface area contributed by atoms with Crippen molar-refractivity contribution in [2.45, 2.75) is 18.9 Å². The topological polar surface area (TPSA) is 90.0 Å². The predicted molar refractivity (Wildman–Crippen MR) is 63.9 cm³/mol. The number of likely N-dealkylation sites (N-methyl/N-ethyl adjacent to an activating group) is 1. The van der Waals surface area contributed by atoms with Gasteiger partial charge in [-0.1, -0.05) is 0 Å². The summed E-state index contributed by atoms with van der Waals surface area (Å²) in [7, 11) is 3.71. The van der Waals surface area contributed by atoms with Gasteiger partial charge in [-0.25, -0.2) is 4.79 Å². The molecule has 0 aliphatic carbocycles. The summed E-state index contributed by atoms with van der Waals surface area (Å²) < 4.78 is 0. The molecule has 0 bridgehead atoms. The number of carbonyl (C=O) groups is 3. The fourth-order valence-electron chi connectivity index (χ4n) is 1.87. The number of aliphatic carboxylic acids is 1. The second-order valence-electron chi connectivity index (χ2n) is 4.55. The largest absolute Gasteiger partial charge is 0.480 e. The van der Waals surface area contributed by atoms with Crippen LogP contribution in [0.1, 0.15) is 12.8 Å². The highest BCUT2D eigenvalue weighted by Gasteiger charge is 2.36. The molecule has 1 atom stereocenters. The number of hydrogen-bond donors (Lipinski definition) is 2. The second-order valence-corrected chi connectivity index (χ2v) is 4.55. The Balaban J connectivity index is 2.48. The minimum absolute atomic E-state index is 0.330. The molecular weight excluding hydrogens is 238 g/mol. The lowest BCUT2D eigenvalue weighted by molar-refractivity contribution is -0.152. The van der Waals surface area contributed by atoms with E-state index in [2.05, 4.69) is 5.32 Å². The van der Waals surface area contributed by atoms with E-state index < -0.39 is 23.8 Å². The molecular formula is C11H19N3O4. The minimum atomic E-state index is -1.05. The Morgan fingerprint density at radius 3 is 2.61 bits per heavy atom. The molecule has 102 valence electrons. The van der Waals surface area contributed by atoms with Crippen molar-refractivity contribution in [3.05, 3.63) is 0 Å². The highest BCUT2D eigenvalue weighted by Crippen LogP contribution is 2.17. The summed E-state index contributed by atoms with van der Waals surface area (Å²) in [4.78, 5) is 37.3. The van der Waals surface area contributed by atoms with Crippen molar-refractivity contribution >= 4 is 17.8 Å². The maximum absolute atomic E-state index is 11.8. The van der Waals surface area contributed by atoms with E-state index in [0.717, 1.165) is 4.90 Å². The number of carbonyl (C=O) groups excluding carboxylic acids is 2. The number of nitrogens with zero attached hydrogens (tertiary/aromatic N) is 2. The van der Waals surface area contributed by atoms with Crippen LogP contribution < -0.4 is 5.32 Å². The Morgan fingerprint density at radius 1 is 1.39 bits per heavy atom. The number of rotatable bonds is 4. The minimum Gasteiger partial charge on any atom is -0.480 e. The Morgan fingerprint density at radius 2 is 2.06 bits per heavy atom. The van der Waals surface area contributed by atoms with Crippen LogP contribution in [0.3, 0.4) is 0 Å². The van der Waals surface area contributed by atoms with Gasteiger partial charge in [-0.15, -0.1) is 0 Å². The molecule has 7 heteroatoms. The molecule has 1 heterocycles. The van der Waals surface area contributed by atoms with Gasteiger partial charge in [0.1, 0.15) is 6.04 Å². The van der Waals surface area contributed by atoms with Crippen LogP contribution in [0.2, 0.25) is 0 Å². The van der Waals surface area contributed by atoms with E-state index in [1.807, 2.05) is 19.0 Å². The maximum atomic E-state index is 11.8. The first-order valence-corrected chi connectivity index (χ1v) is 5.90. The number of nitrogens with one attached hydrogen (secondary N) is 1. The number of carboxylic acid groups (broad SMARTS) is 1. The number of hydrogen-bond acceptors (Lipinski definition) is 4. The zero-order valence-corrected chi connectivity index (χ0v) is 10.7. The summed E-state index contributed by atoms with van der Waals surface area (Å²) in [5.41, 5.74) is 0. The van der Waals surface area contributed by atoms with Gasteiger partial charge in [-0.05, 0) is 26.9 Å². The summed E-state index contributed by atoms with van der Waals surface area (Å²) in [6, 6.07) is -0.864. The van der Waals surface area contributed by atoms with Gasteiger partial charge in [0.25, 0.3) is 0 Å². The smallest absolute Gasteiger partial charge is 0.326 e. The van der Waals surface area contributed by atoms with E-state index in [0.29, 0.717) is 32.5 Å². The standard InChI is InChI=1S/C11H19N3O4/c1-13(2)7-5-12-9(15)10(16)14-6-3-4-8(14)11(17)18/h8H,3-7H2,1-2H3,(H,12,15)(H,17,18). The van der Waals surface area contributed by atoms with E-state index in [9.17, 15) is 14.4 Å². The Bertz CT molecular complexity index is 343. The molecule has 7 nitrogen and oxygen atoms in total. The predicted octanol–water partition coefficient (Wildman–Crippen LogP) is -1.26. The summed E-state index contributed by atoms with van der Waals surface area (Å²) >= 11 is 0. The molecule has 2 N–H and O–H groups in total. The normalized spacial score (nSPS) is 19.1. The highest BCUT2D eigenvalue weighted by atomic mass is 16.4. The first kappa shape index (κ1) is 14.4. The number of likely N-dealkylation sites (tertiary alicyclic amines) is 1. The van der Waals surface area contributed by atoms with Crippen molar-refractivity contribution in [2.75, 3.05) is 33.7 Å². The van der Waals surface area contributed by atoms with Crippen LogP contribution in [-0.2, 0) is 14.4 Å². The van der Waals surface area contributed by atoms with Crippen LogP contribution in [0.4, 0.5) is 0 Å². The van der Waals surface area contributed by atoms with Gasteiger partial charge in [-0.2, -0.15) is 0 Å². The third-order valence-corrected chi connectivity index (χ3v) is 2.84. The molecule has 0 aromatic rings. The van der Waals surface area contributed by atoms with Crippen molar-refractivity contribution in [2.24, 2.45) is 0 Å². The summed E-state index contributed by atoms with van der Waals surface area (Å²) in [5, 5.41) is 11.4. The van der Waals surface area contributed by atoms with E-state index in [-0.39, 0.29) is 0 Å². The average molecular weight is 257 g/mol. The SMILES string of the molecule is CN(C)CCNC(=O)C(=O)N1CCCC1C(=O)O. The lowest BCUT2D eigenvalue weighted by atomic mass is 10.2. The zero-order valence-electron chi connectivity index (χ0n) is 10.7. The van der Waals surface area contributed by atoms with Crippen LogP contribution in [0.15, 0.2) is 0 Å². The van der Waals surface area contributed by atoms with Crippen molar-refractivity contribution in [3.63, 3.8) is 0 Å². The molecule has 2 amide bonds. The summed E-state index contributed by atoms with van der Waals surface area (Å²) in [6.45, 7) is 1.32. The van der Waals surface area contributed by atoms with Gasteiger partial charge < -0.3 is 20.2 Å². The first-order valence-electron chi connectivity index (χ1n) is 5.90. The van der Waals surface area contributed by atoms with Crippen LogP contribution in [0, 0.1) is 0 Å². The first-order chi connectivity index (χ1) is 8.43. The molecule has 0 aromatic carbocycles. The van der Waals surface area contributed by atoms with E-state index in [1.165, 1.54) is 0 Å². The molecule has 1 rings (SSSR count). The molecule has 0 aromatic heterocycles. The molecule has 0 spiro atoms. The Labute approximate surface area is 106 Å². The summed E-state index contributed by atoms with van der Waals surface area (Å²) in [6.07, 6.45) is 1.03. The number of amides is 2. The van der Waals surface area contributed by atoms with E-state index >= 15 is 0 Å². The van der Waals surface area contributed by atoms with Crippen LogP contribution >= 0.6 is 0 Å². The van der Waals surface area contributed by atoms with Gasteiger partial charge in [0.15, 0.2) is 0 Å². The van der Waals surface area contributed by atoms with Gasteiger partial charge >= 0.3 is 17.8 Å². The average Bonchev–Trinajstić information content (AvgIpc) is 2.76. The molecule has 0 saturated carbocycles. The molecule has 1 fully saturated rings. The lowest BCUT2D eigenvalue weighted by Gasteiger charge is -2.20. The zero-order chi connectivity index (χ0) is 13.7. The monoisotopic (exact) mass is 257 g/mol. The third-order valence-electron chi connectivity index (χ3n) is 2.84. The Hall–Kier alpha value is -1.63. The molecule has 1 aliphatic rings. The maximum Gasteiger partial charge on any atom is 0.326 e. The van der Waals surface area contributed by atoms with Gasteiger partial charge in [0.2, 0.25) is 0 Å². The van der Waals surface area contributed by atoms with Crippen LogP contribution in [-0.4, -0.2) is 72.5 Å².